The fraction of sp³-hybridized carbons (Fsp3) is 0.647. The largest absolute Gasteiger partial charge is 0.493 e. The Morgan fingerprint density at radius 1 is 1.24 bits per heavy atom. The van der Waals surface area contributed by atoms with Crippen molar-refractivity contribution < 1.29 is 4.74 Å². The van der Waals surface area contributed by atoms with Gasteiger partial charge in [-0.3, -0.25) is 0 Å². The van der Waals surface area contributed by atoms with E-state index in [1.807, 2.05) is 11.8 Å². The molecule has 0 bridgehead atoms. The number of thioether (sulfide) groups is 1. The number of hydrogen-bond acceptors (Lipinski definition) is 3. The molecule has 0 spiro atoms. The summed E-state index contributed by atoms with van der Waals surface area (Å²) in [4.78, 5) is 0. The van der Waals surface area contributed by atoms with Gasteiger partial charge in [0.1, 0.15) is 5.75 Å². The minimum absolute atomic E-state index is 0.446. The lowest BCUT2D eigenvalue weighted by Crippen LogP contribution is -2.37. The Balaban J connectivity index is 1.73. The number of ether oxygens (including phenoxy) is 1. The minimum atomic E-state index is 0.446. The molecule has 1 aliphatic heterocycles. The van der Waals surface area contributed by atoms with Crippen LogP contribution in [0.15, 0.2) is 22.7 Å². The third-order valence-electron chi connectivity index (χ3n) is 4.64. The van der Waals surface area contributed by atoms with Gasteiger partial charge in [0.05, 0.1) is 6.61 Å². The molecule has 3 rings (SSSR count). The number of hydrogen-bond donors (Lipinski definition) is 1. The molecule has 1 saturated carbocycles. The van der Waals surface area contributed by atoms with Gasteiger partial charge < -0.3 is 10.1 Å². The first-order valence-corrected chi connectivity index (χ1v) is 10.1. The molecule has 0 saturated heterocycles. The van der Waals surface area contributed by atoms with Crippen molar-refractivity contribution in [1.29, 1.82) is 0 Å². The van der Waals surface area contributed by atoms with E-state index in [4.69, 9.17) is 4.74 Å². The van der Waals surface area contributed by atoms with Crippen LogP contribution in [0.4, 0.5) is 0 Å². The predicted molar refractivity (Wildman–Crippen MR) is 94.3 cm³/mol. The molecule has 1 heterocycles. The van der Waals surface area contributed by atoms with Crippen molar-refractivity contribution in [3.8, 4) is 5.75 Å². The van der Waals surface area contributed by atoms with Gasteiger partial charge in [-0.25, -0.2) is 0 Å². The van der Waals surface area contributed by atoms with Crippen molar-refractivity contribution in [3.05, 3.63) is 28.2 Å². The number of nitrogens with one attached hydrogen (secondary N) is 1. The van der Waals surface area contributed by atoms with Gasteiger partial charge in [-0.2, -0.15) is 11.8 Å². The summed E-state index contributed by atoms with van der Waals surface area (Å²) in [6.45, 7) is 0.833. The Morgan fingerprint density at radius 2 is 2.14 bits per heavy atom. The Kier molecular flexibility index (Phi) is 5.52. The fourth-order valence-electron chi connectivity index (χ4n) is 3.51. The lowest BCUT2D eigenvalue weighted by atomic mass is 9.92. The zero-order chi connectivity index (χ0) is 14.7. The molecule has 1 aromatic carbocycles. The van der Waals surface area contributed by atoms with Gasteiger partial charge in [0.25, 0.3) is 0 Å². The van der Waals surface area contributed by atoms with Gasteiger partial charge in [0.15, 0.2) is 0 Å². The molecule has 2 aliphatic rings. The van der Waals surface area contributed by atoms with E-state index in [0.717, 1.165) is 28.5 Å². The maximum absolute atomic E-state index is 5.92. The van der Waals surface area contributed by atoms with Crippen LogP contribution in [-0.2, 0) is 0 Å². The molecule has 1 N–H and O–H groups in total. The van der Waals surface area contributed by atoms with Crippen LogP contribution in [0.25, 0.3) is 0 Å². The van der Waals surface area contributed by atoms with E-state index in [1.165, 1.54) is 37.7 Å². The molecule has 1 aliphatic carbocycles. The third kappa shape index (κ3) is 3.96. The molecule has 0 amide bonds. The topological polar surface area (TPSA) is 21.3 Å². The highest BCUT2D eigenvalue weighted by atomic mass is 79.9. The van der Waals surface area contributed by atoms with Gasteiger partial charge in [0, 0.05) is 27.4 Å². The molecule has 4 heteroatoms. The van der Waals surface area contributed by atoms with Crippen molar-refractivity contribution in [2.45, 2.75) is 55.9 Å². The maximum Gasteiger partial charge on any atom is 0.125 e. The molecule has 1 fully saturated rings. The molecule has 21 heavy (non-hydrogen) atoms. The lowest BCUT2D eigenvalue weighted by molar-refractivity contribution is 0.309. The summed E-state index contributed by atoms with van der Waals surface area (Å²) < 4.78 is 7.02. The predicted octanol–water partition coefficient (Wildman–Crippen LogP) is 4.93. The van der Waals surface area contributed by atoms with Gasteiger partial charge in [-0.05, 0) is 50.5 Å². The van der Waals surface area contributed by atoms with E-state index in [1.54, 1.807) is 0 Å². The maximum atomic E-state index is 5.92. The molecule has 0 radical (unpaired) electrons. The summed E-state index contributed by atoms with van der Waals surface area (Å²) in [6, 6.07) is 7.57. The van der Waals surface area contributed by atoms with E-state index in [9.17, 15) is 0 Å². The quantitative estimate of drug-likeness (QED) is 0.816. The SMILES string of the molecule is CSC1CCCC(NC2CCCOc3cc(Br)ccc32)C1. The Hall–Kier alpha value is -0.190. The van der Waals surface area contributed by atoms with Crippen molar-refractivity contribution >= 4 is 27.7 Å². The van der Waals surface area contributed by atoms with Crippen LogP contribution < -0.4 is 10.1 Å². The van der Waals surface area contributed by atoms with Gasteiger partial charge in [-0.1, -0.05) is 28.4 Å². The second-order valence-corrected chi connectivity index (χ2v) is 8.17. The fourth-order valence-corrected chi connectivity index (χ4v) is 4.68. The molecule has 0 aromatic heterocycles. The Labute approximate surface area is 140 Å². The highest BCUT2D eigenvalue weighted by Crippen LogP contribution is 2.35. The molecule has 116 valence electrons. The van der Waals surface area contributed by atoms with Gasteiger partial charge in [-0.15, -0.1) is 0 Å². The van der Waals surface area contributed by atoms with Gasteiger partial charge in [0.2, 0.25) is 0 Å². The number of halogens is 1. The van der Waals surface area contributed by atoms with E-state index >= 15 is 0 Å². The standard InChI is InChI=1S/C17H24BrNOS/c1-21-14-5-2-4-13(11-14)19-16-6-3-9-20-17-10-12(18)7-8-15(16)17/h7-8,10,13-14,16,19H,2-6,9,11H2,1H3. The first-order valence-electron chi connectivity index (χ1n) is 7.97. The third-order valence-corrected chi connectivity index (χ3v) is 6.23. The monoisotopic (exact) mass is 369 g/mol. The van der Waals surface area contributed by atoms with Crippen LogP contribution in [-0.4, -0.2) is 24.2 Å². The van der Waals surface area contributed by atoms with Crippen LogP contribution in [0.5, 0.6) is 5.75 Å². The Morgan fingerprint density at radius 3 is 3.00 bits per heavy atom. The summed E-state index contributed by atoms with van der Waals surface area (Å²) in [6.07, 6.45) is 9.93. The molecule has 3 unspecified atom stereocenters. The van der Waals surface area contributed by atoms with Crippen molar-refractivity contribution in [2.75, 3.05) is 12.9 Å². The second kappa shape index (κ2) is 7.38. The average Bonchev–Trinajstić information content (AvgIpc) is 2.69. The van der Waals surface area contributed by atoms with Crippen LogP contribution >= 0.6 is 27.7 Å². The minimum Gasteiger partial charge on any atom is -0.493 e. The van der Waals surface area contributed by atoms with Crippen LogP contribution in [0.2, 0.25) is 0 Å². The number of fused-ring (bicyclic) bond motifs is 1. The summed E-state index contributed by atoms with van der Waals surface area (Å²) in [7, 11) is 0. The molecule has 3 atom stereocenters. The lowest BCUT2D eigenvalue weighted by Gasteiger charge is -2.32. The highest BCUT2D eigenvalue weighted by molar-refractivity contribution is 9.10. The first kappa shape index (κ1) is 15.7. The zero-order valence-corrected chi connectivity index (χ0v) is 15.0. The van der Waals surface area contributed by atoms with Gasteiger partial charge >= 0.3 is 0 Å². The van der Waals surface area contributed by atoms with E-state index in [2.05, 4.69) is 45.7 Å². The highest BCUT2D eigenvalue weighted by Gasteiger charge is 2.26. The zero-order valence-electron chi connectivity index (χ0n) is 12.6. The summed E-state index contributed by atoms with van der Waals surface area (Å²) in [5.74, 6) is 1.05. The normalized spacial score (nSPS) is 29.3. The van der Waals surface area contributed by atoms with E-state index in [-0.39, 0.29) is 0 Å². The molecule has 2 nitrogen and oxygen atoms in total. The number of rotatable bonds is 3. The van der Waals surface area contributed by atoms with Crippen LogP contribution in [0.3, 0.4) is 0 Å². The van der Waals surface area contributed by atoms with Crippen molar-refractivity contribution in [1.82, 2.24) is 5.32 Å². The van der Waals surface area contributed by atoms with E-state index < -0.39 is 0 Å². The van der Waals surface area contributed by atoms with Crippen molar-refractivity contribution in [2.24, 2.45) is 0 Å². The Bertz CT molecular complexity index is 482. The second-order valence-electron chi connectivity index (χ2n) is 6.11. The summed E-state index contributed by atoms with van der Waals surface area (Å²) >= 11 is 5.58. The van der Waals surface area contributed by atoms with Crippen molar-refractivity contribution in [3.63, 3.8) is 0 Å². The first-order chi connectivity index (χ1) is 10.3. The number of benzene rings is 1. The molecular formula is C17H24BrNOS. The smallest absolute Gasteiger partial charge is 0.125 e. The van der Waals surface area contributed by atoms with Crippen LogP contribution in [0.1, 0.15) is 50.1 Å². The molecular weight excluding hydrogens is 346 g/mol. The molecule has 1 aromatic rings. The van der Waals surface area contributed by atoms with E-state index in [0.29, 0.717) is 12.1 Å². The summed E-state index contributed by atoms with van der Waals surface area (Å²) in [5, 5.41) is 4.76. The van der Waals surface area contributed by atoms with Crippen LogP contribution in [0, 0.1) is 0 Å². The summed E-state index contributed by atoms with van der Waals surface area (Å²) in [5.41, 5.74) is 1.34. The average molecular weight is 370 g/mol.